The molecule has 4 heteroatoms. The van der Waals surface area contributed by atoms with Crippen LogP contribution >= 0.6 is 0 Å². The lowest BCUT2D eigenvalue weighted by Crippen LogP contribution is -2.51. The Bertz CT molecular complexity index is 779. The van der Waals surface area contributed by atoms with Crippen LogP contribution in [0, 0.1) is 5.92 Å². The molecular formula is C23H26N2O2. The molecule has 0 aliphatic carbocycles. The second-order valence-corrected chi connectivity index (χ2v) is 7.85. The van der Waals surface area contributed by atoms with Gasteiger partial charge in [0, 0.05) is 38.5 Å². The number of carbonyl (C=O) groups is 2. The Kier molecular flexibility index (Phi) is 4.73. The molecule has 2 aromatic carbocycles. The molecule has 1 atom stereocenters. The Balaban J connectivity index is 1.67. The summed E-state index contributed by atoms with van der Waals surface area (Å²) in [5, 5.41) is 0. The summed E-state index contributed by atoms with van der Waals surface area (Å²) in [5.74, 6) is -0.00349. The van der Waals surface area contributed by atoms with Crippen LogP contribution in [-0.2, 0) is 15.0 Å². The minimum atomic E-state index is -0.204. The second-order valence-electron chi connectivity index (χ2n) is 7.85. The van der Waals surface area contributed by atoms with E-state index in [1.54, 1.807) is 11.9 Å². The molecule has 0 bridgehead atoms. The average molecular weight is 362 g/mol. The summed E-state index contributed by atoms with van der Waals surface area (Å²) in [6, 6.07) is 21.1. The predicted molar refractivity (Wildman–Crippen MR) is 105 cm³/mol. The van der Waals surface area contributed by atoms with Crippen LogP contribution in [0.2, 0.25) is 0 Å². The molecule has 140 valence electrons. The molecule has 2 saturated heterocycles. The lowest BCUT2D eigenvalue weighted by atomic mass is 9.69. The molecule has 0 saturated carbocycles. The van der Waals surface area contributed by atoms with Crippen molar-refractivity contribution >= 4 is 11.8 Å². The van der Waals surface area contributed by atoms with Crippen LogP contribution in [0.1, 0.15) is 30.4 Å². The van der Waals surface area contributed by atoms with Gasteiger partial charge in [-0.15, -0.1) is 0 Å². The van der Waals surface area contributed by atoms with Gasteiger partial charge < -0.3 is 9.80 Å². The highest BCUT2D eigenvalue weighted by Crippen LogP contribution is 2.40. The van der Waals surface area contributed by atoms with E-state index >= 15 is 0 Å². The van der Waals surface area contributed by atoms with E-state index in [-0.39, 0.29) is 23.1 Å². The SMILES string of the molecule is CN1C[C@H](C(=O)N2CCCC(c3ccccc3)(c3ccccc3)C2)CC1=O. The molecule has 4 rings (SSSR count). The van der Waals surface area contributed by atoms with Crippen molar-refractivity contribution in [1.29, 1.82) is 0 Å². The number of piperidine rings is 1. The summed E-state index contributed by atoms with van der Waals surface area (Å²) in [6.07, 6.45) is 2.33. The zero-order valence-corrected chi connectivity index (χ0v) is 15.8. The predicted octanol–water partition coefficient (Wildman–Crippen LogP) is 3.07. The monoisotopic (exact) mass is 362 g/mol. The number of nitrogens with zero attached hydrogens (tertiary/aromatic N) is 2. The molecule has 0 unspecified atom stereocenters. The molecule has 0 radical (unpaired) electrons. The lowest BCUT2D eigenvalue weighted by molar-refractivity contribution is -0.137. The van der Waals surface area contributed by atoms with Gasteiger partial charge in [0.25, 0.3) is 0 Å². The van der Waals surface area contributed by atoms with Crippen LogP contribution in [0.25, 0.3) is 0 Å². The highest BCUT2D eigenvalue weighted by molar-refractivity contribution is 5.89. The molecule has 2 aliphatic rings. The number of carbonyl (C=O) groups excluding carboxylic acids is 2. The maximum Gasteiger partial charge on any atom is 0.228 e. The molecular weight excluding hydrogens is 336 g/mol. The first-order valence-electron chi connectivity index (χ1n) is 9.74. The van der Waals surface area contributed by atoms with E-state index in [0.717, 1.165) is 19.4 Å². The molecule has 2 aromatic rings. The molecule has 4 nitrogen and oxygen atoms in total. The Hall–Kier alpha value is -2.62. The summed E-state index contributed by atoms with van der Waals surface area (Å²) in [5.41, 5.74) is 2.33. The molecule has 0 N–H and O–H groups in total. The van der Waals surface area contributed by atoms with Crippen LogP contribution in [0.5, 0.6) is 0 Å². The van der Waals surface area contributed by atoms with E-state index in [2.05, 4.69) is 48.5 Å². The fraction of sp³-hybridized carbons (Fsp3) is 0.391. The van der Waals surface area contributed by atoms with Gasteiger partial charge in [-0.2, -0.15) is 0 Å². The Morgan fingerprint density at radius 1 is 1.00 bits per heavy atom. The van der Waals surface area contributed by atoms with E-state index in [1.165, 1.54) is 11.1 Å². The van der Waals surface area contributed by atoms with Gasteiger partial charge in [-0.1, -0.05) is 60.7 Å². The van der Waals surface area contributed by atoms with Gasteiger partial charge in [0.15, 0.2) is 0 Å². The maximum atomic E-state index is 13.2. The first-order valence-corrected chi connectivity index (χ1v) is 9.74. The zero-order valence-electron chi connectivity index (χ0n) is 15.8. The fourth-order valence-electron chi connectivity index (χ4n) is 4.68. The van der Waals surface area contributed by atoms with Crippen molar-refractivity contribution in [3.8, 4) is 0 Å². The molecule has 0 spiro atoms. The number of amides is 2. The largest absolute Gasteiger partial charge is 0.345 e. The van der Waals surface area contributed by atoms with E-state index in [9.17, 15) is 9.59 Å². The highest BCUT2D eigenvalue weighted by Gasteiger charge is 2.42. The van der Waals surface area contributed by atoms with Gasteiger partial charge >= 0.3 is 0 Å². The third kappa shape index (κ3) is 3.25. The van der Waals surface area contributed by atoms with Crippen molar-refractivity contribution in [3.63, 3.8) is 0 Å². The normalized spacial score (nSPS) is 22.1. The summed E-state index contributed by atoms with van der Waals surface area (Å²) in [4.78, 5) is 28.8. The van der Waals surface area contributed by atoms with Gasteiger partial charge in [0.05, 0.1) is 5.92 Å². The zero-order chi connectivity index (χ0) is 18.9. The Morgan fingerprint density at radius 3 is 2.11 bits per heavy atom. The number of benzene rings is 2. The lowest BCUT2D eigenvalue weighted by Gasteiger charge is -2.44. The van der Waals surface area contributed by atoms with Gasteiger partial charge in [-0.25, -0.2) is 0 Å². The van der Waals surface area contributed by atoms with Gasteiger partial charge in [-0.3, -0.25) is 9.59 Å². The van der Waals surface area contributed by atoms with Crippen molar-refractivity contribution in [2.24, 2.45) is 5.92 Å². The Labute approximate surface area is 160 Å². The van der Waals surface area contributed by atoms with Crippen molar-refractivity contribution in [2.45, 2.75) is 24.7 Å². The minimum Gasteiger partial charge on any atom is -0.345 e. The first kappa shape index (κ1) is 17.8. The van der Waals surface area contributed by atoms with Gasteiger partial charge in [0.1, 0.15) is 0 Å². The van der Waals surface area contributed by atoms with Crippen LogP contribution in [0.3, 0.4) is 0 Å². The summed E-state index contributed by atoms with van der Waals surface area (Å²) in [7, 11) is 1.78. The van der Waals surface area contributed by atoms with Crippen LogP contribution in [0.15, 0.2) is 60.7 Å². The second kappa shape index (κ2) is 7.18. The standard InChI is InChI=1S/C23H26N2O2/c1-24-16-18(15-21(24)26)22(27)25-14-8-13-23(17-25,19-9-4-2-5-10-19)20-11-6-3-7-12-20/h2-7,9-12,18H,8,13-17H2,1H3/t18-/m1/s1. The summed E-state index contributed by atoms with van der Waals surface area (Å²) >= 11 is 0. The van der Waals surface area contributed by atoms with Crippen LogP contribution in [-0.4, -0.2) is 48.3 Å². The minimum absolute atomic E-state index is 0.0720. The Morgan fingerprint density at radius 2 is 1.59 bits per heavy atom. The smallest absolute Gasteiger partial charge is 0.228 e. The van der Waals surface area contributed by atoms with E-state index in [0.29, 0.717) is 19.5 Å². The third-order valence-corrected chi connectivity index (χ3v) is 6.15. The number of likely N-dealkylation sites (tertiary alicyclic amines) is 2. The van der Waals surface area contributed by atoms with E-state index in [4.69, 9.17) is 0 Å². The topological polar surface area (TPSA) is 40.6 Å². The molecule has 0 aromatic heterocycles. The molecule has 27 heavy (non-hydrogen) atoms. The van der Waals surface area contributed by atoms with Gasteiger partial charge in [-0.05, 0) is 24.0 Å². The quantitative estimate of drug-likeness (QED) is 0.842. The van der Waals surface area contributed by atoms with Gasteiger partial charge in [0.2, 0.25) is 11.8 Å². The number of hydrogen-bond acceptors (Lipinski definition) is 2. The fourth-order valence-corrected chi connectivity index (χ4v) is 4.68. The van der Waals surface area contributed by atoms with Crippen LogP contribution < -0.4 is 0 Å². The number of rotatable bonds is 3. The highest BCUT2D eigenvalue weighted by atomic mass is 16.2. The molecule has 2 amide bonds. The first-order chi connectivity index (χ1) is 13.1. The maximum absolute atomic E-state index is 13.2. The van der Waals surface area contributed by atoms with Crippen molar-refractivity contribution in [2.75, 3.05) is 26.7 Å². The van der Waals surface area contributed by atoms with E-state index < -0.39 is 0 Å². The molecule has 2 fully saturated rings. The molecule has 2 heterocycles. The van der Waals surface area contributed by atoms with Crippen LogP contribution in [0.4, 0.5) is 0 Å². The number of hydrogen-bond donors (Lipinski definition) is 0. The van der Waals surface area contributed by atoms with Crippen molar-refractivity contribution < 1.29 is 9.59 Å². The summed E-state index contributed by atoms with van der Waals surface area (Å²) in [6.45, 7) is 1.99. The van der Waals surface area contributed by atoms with Crippen molar-refractivity contribution in [3.05, 3.63) is 71.8 Å². The molecule has 2 aliphatic heterocycles. The van der Waals surface area contributed by atoms with E-state index in [1.807, 2.05) is 17.0 Å². The third-order valence-electron chi connectivity index (χ3n) is 6.15. The van der Waals surface area contributed by atoms with Crippen molar-refractivity contribution in [1.82, 2.24) is 9.80 Å². The summed E-state index contributed by atoms with van der Waals surface area (Å²) < 4.78 is 0. The average Bonchev–Trinajstić information content (AvgIpc) is 3.07.